The van der Waals surface area contributed by atoms with Crippen LogP contribution in [0.15, 0.2) is 54.7 Å². The van der Waals surface area contributed by atoms with Crippen molar-refractivity contribution in [1.29, 1.82) is 0 Å². The lowest BCUT2D eigenvalue weighted by atomic mass is 10.2. The zero-order valence-corrected chi connectivity index (χ0v) is 19.8. The molecule has 37 heavy (non-hydrogen) atoms. The summed E-state index contributed by atoms with van der Waals surface area (Å²) in [5.41, 5.74) is 0.142. The molecular weight excluding hydrogens is 497 g/mol. The number of hydrogen-bond acceptors (Lipinski definition) is 6. The minimum absolute atomic E-state index is 0.0187. The molecule has 0 saturated heterocycles. The first-order valence-corrected chi connectivity index (χ1v) is 11.0. The number of aliphatic carboxylic acids is 1. The average Bonchev–Trinajstić information content (AvgIpc) is 3.32. The van der Waals surface area contributed by atoms with Crippen LogP contribution in [0.5, 0.6) is 11.5 Å². The van der Waals surface area contributed by atoms with E-state index in [0.717, 1.165) is 15.9 Å². The summed E-state index contributed by atoms with van der Waals surface area (Å²) in [6.07, 6.45) is -4.16. The van der Waals surface area contributed by atoms with Crippen LogP contribution in [-0.4, -0.2) is 57.4 Å². The lowest BCUT2D eigenvalue weighted by molar-refractivity contribution is -0.142. The van der Waals surface area contributed by atoms with Gasteiger partial charge < -0.3 is 14.6 Å². The lowest BCUT2D eigenvalue weighted by Crippen LogP contribution is -2.46. The van der Waals surface area contributed by atoms with Crippen LogP contribution in [0.3, 0.4) is 0 Å². The maximum atomic E-state index is 13.8. The molecule has 3 aromatic rings. The third kappa shape index (κ3) is 6.57. The van der Waals surface area contributed by atoms with Gasteiger partial charge in [0.15, 0.2) is 12.3 Å². The molecule has 0 radical (unpaired) electrons. The molecule has 0 aliphatic carbocycles. The SMILES string of the molecule is CCOc1ccc(C(=O)NN(CC)C(=O)c2cn(-c3ccccc3OCC(=O)O)nc2C(F)(F)F)cc1. The number of aromatic nitrogens is 2. The Kier molecular flexibility index (Phi) is 8.37. The number of alkyl halides is 3. The molecule has 0 spiro atoms. The van der Waals surface area contributed by atoms with Gasteiger partial charge in [-0.25, -0.2) is 14.5 Å². The summed E-state index contributed by atoms with van der Waals surface area (Å²) in [5, 5.41) is 13.1. The van der Waals surface area contributed by atoms with Crippen molar-refractivity contribution in [3.05, 3.63) is 71.5 Å². The number of carbonyl (C=O) groups excluding carboxylic acids is 2. The van der Waals surface area contributed by atoms with Gasteiger partial charge in [0.2, 0.25) is 0 Å². The first-order chi connectivity index (χ1) is 17.5. The fourth-order valence-corrected chi connectivity index (χ4v) is 3.25. The number of ether oxygens (including phenoxy) is 2. The first-order valence-electron chi connectivity index (χ1n) is 11.0. The number of carbonyl (C=O) groups is 3. The van der Waals surface area contributed by atoms with E-state index in [2.05, 4.69) is 10.5 Å². The number of halogens is 3. The summed E-state index contributed by atoms with van der Waals surface area (Å²) in [6, 6.07) is 11.7. The van der Waals surface area contributed by atoms with Gasteiger partial charge in [-0.3, -0.25) is 15.0 Å². The number of rotatable bonds is 9. The summed E-state index contributed by atoms with van der Waals surface area (Å²) in [5.74, 6) is -2.69. The second-order valence-corrected chi connectivity index (χ2v) is 7.43. The van der Waals surface area contributed by atoms with Crippen molar-refractivity contribution in [2.75, 3.05) is 19.8 Å². The molecular formula is C24H23F3N4O6. The molecule has 0 bridgehead atoms. The van der Waals surface area contributed by atoms with E-state index in [1.165, 1.54) is 43.3 Å². The van der Waals surface area contributed by atoms with Crippen molar-refractivity contribution >= 4 is 17.8 Å². The van der Waals surface area contributed by atoms with Crippen LogP contribution in [-0.2, 0) is 11.0 Å². The van der Waals surface area contributed by atoms with Gasteiger partial charge in [-0.05, 0) is 50.2 Å². The normalized spacial score (nSPS) is 11.1. The van der Waals surface area contributed by atoms with Crippen LogP contribution in [0.25, 0.3) is 5.69 Å². The summed E-state index contributed by atoms with van der Waals surface area (Å²) in [6.45, 7) is 2.81. The number of hydrazine groups is 1. The number of para-hydroxylation sites is 2. The number of nitrogens with one attached hydrogen (secondary N) is 1. The van der Waals surface area contributed by atoms with Crippen molar-refractivity contribution in [2.45, 2.75) is 20.0 Å². The first kappa shape index (κ1) is 27.0. The third-order valence-corrected chi connectivity index (χ3v) is 4.90. The number of benzene rings is 2. The van der Waals surface area contributed by atoms with Gasteiger partial charge in [0.1, 0.15) is 17.2 Å². The summed E-state index contributed by atoms with van der Waals surface area (Å²) < 4.78 is 52.7. The largest absolute Gasteiger partial charge is 0.494 e. The average molecular weight is 520 g/mol. The molecule has 2 N–H and O–H groups in total. The lowest BCUT2D eigenvalue weighted by Gasteiger charge is -2.22. The van der Waals surface area contributed by atoms with Gasteiger partial charge in [-0.1, -0.05) is 12.1 Å². The van der Waals surface area contributed by atoms with Crippen LogP contribution in [0.2, 0.25) is 0 Å². The molecule has 2 aromatic carbocycles. The molecule has 2 amide bonds. The number of hydrogen-bond donors (Lipinski definition) is 2. The minimum atomic E-state index is -5.01. The molecule has 3 rings (SSSR count). The zero-order valence-electron chi connectivity index (χ0n) is 19.8. The maximum absolute atomic E-state index is 13.8. The Morgan fingerprint density at radius 1 is 1.05 bits per heavy atom. The smallest absolute Gasteiger partial charge is 0.435 e. The van der Waals surface area contributed by atoms with E-state index in [9.17, 15) is 27.6 Å². The van der Waals surface area contributed by atoms with E-state index in [4.69, 9.17) is 14.6 Å². The van der Waals surface area contributed by atoms with Crippen LogP contribution in [0, 0.1) is 0 Å². The van der Waals surface area contributed by atoms with Crippen LogP contribution in [0.1, 0.15) is 40.3 Å². The second-order valence-electron chi connectivity index (χ2n) is 7.43. The second kappa shape index (κ2) is 11.5. The molecule has 0 aliphatic heterocycles. The molecule has 10 nitrogen and oxygen atoms in total. The zero-order chi connectivity index (χ0) is 27.2. The highest BCUT2D eigenvalue weighted by Gasteiger charge is 2.40. The molecule has 0 aliphatic rings. The third-order valence-electron chi connectivity index (χ3n) is 4.90. The Labute approximate surface area is 209 Å². The van der Waals surface area contributed by atoms with Gasteiger partial charge in [0, 0.05) is 18.3 Å². The Balaban J connectivity index is 1.92. The van der Waals surface area contributed by atoms with E-state index in [1.54, 1.807) is 19.1 Å². The molecule has 0 unspecified atom stereocenters. The molecule has 196 valence electrons. The van der Waals surface area contributed by atoms with Crippen molar-refractivity contribution in [2.24, 2.45) is 0 Å². The number of carboxylic acids is 1. The summed E-state index contributed by atoms with van der Waals surface area (Å²) >= 11 is 0. The number of carboxylic acid groups (broad SMARTS) is 1. The predicted molar refractivity (Wildman–Crippen MR) is 123 cm³/mol. The highest BCUT2D eigenvalue weighted by atomic mass is 19.4. The quantitative estimate of drug-likeness (QED) is 0.414. The van der Waals surface area contributed by atoms with Crippen molar-refractivity contribution < 1.29 is 42.1 Å². The molecule has 13 heteroatoms. The van der Waals surface area contributed by atoms with Gasteiger partial charge in [-0.15, -0.1) is 0 Å². The Morgan fingerprint density at radius 2 is 1.73 bits per heavy atom. The monoisotopic (exact) mass is 520 g/mol. The van der Waals surface area contributed by atoms with Crippen molar-refractivity contribution in [3.63, 3.8) is 0 Å². The van der Waals surface area contributed by atoms with E-state index in [1.807, 2.05) is 0 Å². The predicted octanol–water partition coefficient (Wildman–Crippen LogP) is 3.56. The molecule has 0 saturated carbocycles. The summed E-state index contributed by atoms with van der Waals surface area (Å²) in [4.78, 5) is 36.6. The fraction of sp³-hybridized carbons (Fsp3) is 0.250. The molecule has 0 atom stereocenters. The fourth-order valence-electron chi connectivity index (χ4n) is 3.25. The van der Waals surface area contributed by atoms with Gasteiger partial charge in [0.25, 0.3) is 11.8 Å². The summed E-state index contributed by atoms with van der Waals surface area (Å²) in [7, 11) is 0. The highest BCUT2D eigenvalue weighted by Crippen LogP contribution is 2.33. The van der Waals surface area contributed by atoms with Gasteiger partial charge >= 0.3 is 12.1 Å². The van der Waals surface area contributed by atoms with Gasteiger partial charge in [-0.2, -0.15) is 18.3 Å². The van der Waals surface area contributed by atoms with Crippen LogP contribution in [0.4, 0.5) is 13.2 Å². The molecule has 1 heterocycles. The van der Waals surface area contributed by atoms with Crippen molar-refractivity contribution in [3.8, 4) is 17.2 Å². The van der Waals surface area contributed by atoms with E-state index in [0.29, 0.717) is 12.4 Å². The van der Waals surface area contributed by atoms with Crippen molar-refractivity contribution in [1.82, 2.24) is 20.2 Å². The topological polar surface area (TPSA) is 123 Å². The Hall–Kier alpha value is -4.55. The maximum Gasteiger partial charge on any atom is 0.435 e. The highest BCUT2D eigenvalue weighted by molar-refractivity contribution is 5.99. The van der Waals surface area contributed by atoms with Crippen LogP contribution < -0.4 is 14.9 Å². The van der Waals surface area contributed by atoms with E-state index >= 15 is 0 Å². The van der Waals surface area contributed by atoms with Gasteiger partial charge in [0.05, 0.1) is 12.2 Å². The Bertz CT molecular complexity index is 1270. The standard InChI is InChI=1S/C24H23F3N4O6/c1-3-30(29-22(34)15-9-11-16(12-10-15)36-4-2)23(35)17-13-31(28-21(17)24(25,26)27)18-7-5-6-8-19(18)37-14-20(32)33/h5-13H,3-4,14H2,1-2H3,(H,29,34)(H,32,33). The molecule has 0 fully saturated rings. The Morgan fingerprint density at radius 3 is 2.32 bits per heavy atom. The van der Waals surface area contributed by atoms with Crippen LogP contribution >= 0.6 is 0 Å². The number of amides is 2. The van der Waals surface area contributed by atoms with E-state index < -0.39 is 41.8 Å². The van der Waals surface area contributed by atoms with E-state index in [-0.39, 0.29) is 23.5 Å². The minimum Gasteiger partial charge on any atom is -0.494 e. The number of nitrogens with zero attached hydrogens (tertiary/aromatic N) is 3. The molecule has 1 aromatic heterocycles.